The van der Waals surface area contributed by atoms with Gasteiger partial charge in [-0.05, 0) is 70.8 Å². The van der Waals surface area contributed by atoms with Gasteiger partial charge in [0.05, 0.1) is 5.92 Å². The zero-order chi connectivity index (χ0) is 33.9. The molecule has 0 saturated heterocycles. The molecule has 5 nitrogen and oxygen atoms in total. The van der Waals surface area contributed by atoms with Crippen molar-refractivity contribution < 1.29 is 14.3 Å². The molecule has 242 valence electrons. The second-order valence-electron chi connectivity index (χ2n) is 13.4. The Morgan fingerprint density at radius 2 is 0.896 bits per heavy atom. The Morgan fingerprint density at radius 3 is 1.27 bits per heavy atom. The first kappa shape index (κ1) is 32.4. The van der Waals surface area contributed by atoms with Crippen LogP contribution < -0.4 is 20.9 Å². The van der Waals surface area contributed by atoms with E-state index in [9.17, 15) is 4.79 Å². The zero-order valence-electron chi connectivity index (χ0n) is 27.9. The summed E-state index contributed by atoms with van der Waals surface area (Å²) >= 11 is 0. The minimum Gasteiger partial charge on any atom is -0.445 e. The van der Waals surface area contributed by atoms with Gasteiger partial charge in [-0.3, -0.25) is 4.79 Å². The molecule has 0 spiro atoms. The smallest absolute Gasteiger partial charge is 0.291 e. The third-order valence-electron chi connectivity index (χ3n) is 9.40. The average Bonchev–Trinajstić information content (AvgIpc) is 3.09. The SMILES string of the molecule is CC(C)(c1ccc(N)cc1)c1ccc(OC2(Oc3ccc(C(C)(C)c4ccc(N)cc4)cc3)C=CC(C(=O)c3ccccc3)C=C2)cc1. The fourth-order valence-corrected chi connectivity index (χ4v) is 6.10. The Hall–Kier alpha value is -5.55. The van der Waals surface area contributed by atoms with Crippen LogP contribution in [-0.2, 0) is 10.8 Å². The highest BCUT2D eigenvalue weighted by Crippen LogP contribution is 2.37. The van der Waals surface area contributed by atoms with E-state index in [-0.39, 0.29) is 16.6 Å². The molecule has 0 fully saturated rings. The van der Waals surface area contributed by atoms with Gasteiger partial charge in [0, 0.05) is 39.9 Å². The number of benzene rings is 5. The van der Waals surface area contributed by atoms with Crippen LogP contribution in [0.2, 0.25) is 0 Å². The Morgan fingerprint density at radius 1 is 0.542 bits per heavy atom. The Labute approximate surface area is 283 Å². The molecule has 4 N–H and O–H groups in total. The summed E-state index contributed by atoms with van der Waals surface area (Å²) < 4.78 is 13.2. The van der Waals surface area contributed by atoms with Crippen LogP contribution in [0, 0.1) is 5.92 Å². The van der Waals surface area contributed by atoms with E-state index >= 15 is 0 Å². The van der Waals surface area contributed by atoms with Crippen LogP contribution in [0.25, 0.3) is 0 Å². The molecule has 0 amide bonds. The number of ether oxygens (including phenoxy) is 2. The van der Waals surface area contributed by atoms with Crippen LogP contribution in [0.15, 0.2) is 152 Å². The summed E-state index contributed by atoms with van der Waals surface area (Å²) in [5.74, 6) is -0.417. The number of hydrogen-bond donors (Lipinski definition) is 2. The third-order valence-corrected chi connectivity index (χ3v) is 9.40. The monoisotopic (exact) mass is 634 g/mol. The molecule has 0 radical (unpaired) electrons. The number of hydrogen-bond acceptors (Lipinski definition) is 5. The third kappa shape index (κ3) is 6.77. The standard InChI is InChI=1S/C43H42N2O3/c1-41(2,32-10-18-36(44)19-11-32)34-14-22-38(23-15-34)47-43(28-26-31(27-29-43)40(46)30-8-6-5-7-9-30)48-39-24-16-35(17-25-39)42(3,4)33-12-20-37(45)21-13-33/h5-29,31H,44-45H2,1-4H3. The molecule has 5 heteroatoms. The first-order valence-electron chi connectivity index (χ1n) is 16.2. The highest BCUT2D eigenvalue weighted by molar-refractivity contribution is 6.00. The first-order valence-corrected chi connectivity index (χ1v) is 16.2. The molecule has 5 aromatic rings. The molecule has 5 aromatic carbocycles. The molecule has 0 aromatic heterocycles. The van der Waals surface area contributed by atoms with Crippen LogP contribution in [0.5, 0.6) is 11.5 Å². The van der Waals surface area contributed by atoms with Gasteiger partial charge in [-0.15, -0.1) is 0 Å². The average molecular weight is 635 g/mol. The molecule has 0 heterocycles. The van der Waals surface area contributed by atoms with E-state index in [4.69, 9.17) is 20.9 Å². The van der Waals surface area contributed by atoms with Crippen molar-refractivity contribution in [3.05, 3.63) is 180 Å². The van der Waals surface area contributed by atoms with Crippen molar-refractivity contribution in [3.63, 3.8) is 0 Å². The van der Waals surface area contributed by atoms with E-state index in [0.717, 1.165) is 22.5 Å². The molecule has 6 rings (SSSR count). The normalized spacial score (nSPS) is 14.4. The van der Waals surface area contributed by atoms with E-state index in [2.05, 4.69) is 76.2 Å². The summed E-state index contributed by atoms with van der Waals surface area (Å²) in [5.41, 5.74) is 18.1. The lowest BCUT2D eigenvalue weighted by Crippen LogP contribution is -2.40. The lowest BCUT2D eigenvalue weighted by molar-refractivity contribution is -0.0294. The molecular formula is C43H42N2O3. The van der Waals surface area contributed by atoms with Crippen LogP contribution in [0.3, 0.4) is 0 Å². The summed E-state index contributed by atoms with van der Waals surface area (Å²) in [7, 11) is 0. The van der Waals surface area contributed by atoms with Crippen LogP contribution in [0.1, 0.15) is 60.3 Å². The van der Waals surface area contributed by atoms with Gasteiger partial charge in [0.1, 0.15) is 11.5 Å². The Kier molecular flexibility index (Phi) is 8.72. The Balaban J connectivity index is 1.27. The van der Waals surface area contributed by atoms with Crippen molar-refractivity contribution >= 4 is 17.2 Å². The van der Waals surface area contributed by atoms with Gasteiger partial charge in [-0.25, -0.2) is 0 Å². The number of carbonyl (C=O) groups excluding carboxylic acids is 1. The van der Waals surface area contributed by atoms with Gasteiger partial charge < -0.3 is 20.9 Å². The molecule has 48 heavy (non-hydrogen) atoms. The molecule has 0 saturated carbocycles. The summed E-state index contributed by atoms with van der Waals surface area (Å²) in [5, 5.41) is 0. The number of Topliss-reactive ketones (excluding diaryl/α,β-unsaturated/α-hetero) is 1. The second kappa shape index (κ2) is 12.9. The van der Waals surface area contributed by atoms with Crippen LogP contribution in [-0.4, -0.2) is 11.6 Å². The van der Waals surface area contributed by atoms with Crippen molar-refractivity contribution in [3.8, 4) is 11.5 Å². The largest absolute Gasteiger partial charge is 0.445 e. The molecule has 0 aliphatic heterocycles. The molecule has 0 atom stereocenters. The van der Waals surface area contributed by atoms with Crippen molar-refractivity contribution in [1.82, 2.24) is 0 Å². The predicted octanol–water partition coefficient (Wildman–Crippen LogP) is 9.28. The van der Waals surface area contributed by atoms with Crippen molar-refractivity contribution in [2.24, 2.45) is 5.92 Å². The van der Waals surface area contributed by atoms with Gasteiger partial charge >= 0.3 is 0 Å². The maximum Gasteiger partial charge on any atom is 0.291 e. The fraction of sp³-hybridized carbons (Fsp3) is 0.186. The number of rotatable bonds is 10. The van der Waals surface area contributed by atoms with E-state index in [1.807, 2.05) is 103 Å². The van der Waals surface area contributed by atoms with Crippen LogP contribution in [0.4, 0.5) is 11.4 Å². The van der Waals surface area contributed by atoms with Gasteiger partial charge in [-0.1, -0.05) is 119 Å². The highest BCUT2D eigenvalue weighted by Gasteiger charge is 2.34. The number of nitrogens with two attached hydrogens (primary N) is 2. The molecular weight excluding hydrogens is 592 g/mol. The summed E-state index contributed by atoms with van der Waals surface area (Å²) in [6.07, 6.45) is 7.37. The molecule has 0 bridgehead atoms. The van der Waals surface area contributed by atoms with E-state index in [0.29, 0.717) is 17.1 Å². The second-order valence-corrected chi connectivity index (χ2v) is 13.4. The fourth-order valence-electron chi connectivity index (χ4n) is 6.10. The number of allylic oxidation sites excluding steroid dienone is 2. The molecule has 0 unspecified atom stereocenters. The number of carbonyl (C=O) groups is 1. The predicted molar refractivity (Wildman–Crippen MR) is 195 cm³/mol. The lowest BCUT2D eigenvalue weighted by Gasteiger charge is -2.33. The number of nitrogen functional groups attached to an aromatic ring is 2. The minimum absolute atomic E-state index is 0.0141. The molecule has 1 aliphatic carbocycles. The van der Waals surface area contributed by atoms with Crippen molar-refractivity contribution in [1.29, 1.82) is 0 Å². The Bertz CT molecular complexity index is 1800. The van der Waals surface area contributed by atoms with E-state index < -0.39 is 11.7 Å². The maximum atomic E-state index is 13.3. The lowest BCUT2D eigenvalue weighted by atomic mass is 9.78. The van der Waals surface area contributed by atoms with E-state index in [1.54, 1.807) is 0 Å². The first-order chi connectivity index (χ1) is 22.9. The molecule has 1 aliphatic rings. The number of anilines is 2. The van der Waals surface area contributed by atoms with Crippen molar-refractivity contribution in [2.45, 2.75) is 44.3 Å². The van der Waals surface area contributed by atoms with Gasteiger partial charge in [0.2, 0.25) is 0 Å². The highest BCUT2D eigenvalue weighted by atomic mass is 16.7. The summed E-state index contributed by atoms with van der Waals surface area (Å²) in [6.45, 7) is 8.75. The minimum atomic E-state index is -1.27. The quantitative estimate of drug-likeness (QED) is 0.0692. The van der Waals surface area contributed by atoms with Gasteiger partial charge in [0.25, 0.3) is 5.79 Å². The van der Waals surface area contributed by atoms with Crippen molar-refractivity contribution in [2.75, 3.05) is 11.5 Å². The summed E-state index contributed by atoms with van der Waals surface area (Å²) in [6, 6.07) is 41.4. The number of ketones is 1. The van der Waals surface area contributed by atoms with Crippen LogP contribution >= 0.6 is 0 Å². The van der Waals surface area contributed by atoms with E-state index in [1.165, 1.54) is 11.1 Å². The van der Waals surface area contributed by atoms with Gasteiger partial charge in [-0.2, -0.15) is 0 Å². The topological polar surface area (TPSA) is 87.6 Å². The maximum absolute atomic E-state index is 13.3. The zero-order valence-corrected chi connectivity index (χ0v) is 27.9. The summed E-state index contributed by atoms with van der Waals surface area (Å²) in [4.78, 5) is 13.3. The van der Waals surface area contributed by atoms with Gasteiger partial charge in [0.15, 0.2) is 5.78 Å².